The normalized spacial score (nSPS) is 11.6. The molecule has 0 aliphatic heterocycles. The molecule has 11 aromatic rings. The van der Waals surface area contributed by atoms with E-state index in [-0.39, 0.29) is 0 Å². The minimum atomic E-state index is 0.568. The molecule has 0 aliphatic rings. The first kappa shape index (κ1) is 35.5. The molecule has 0 fully saturated rings. The molecule has 4 heterocycles. The first-order chi connectivity index (χ1) is 29.7. The molecule has 0 bridgehead atoms. The van der Waals surface area contributed by atoms with Crippen molar-refractivity contribution in [1.82, 2.24) is 29.1 Å². The Morgan fingerprint density at radius 2 is 0.983 bits per heavy atom. The second kappa shape index (κ2) is 14.9. The predicted octanol–water partition coefficient (Wildman–Crippen LogP) is 13.5. The molecule has 6 heteroatoms. The molecule has 60 heavy (non-hydrogen) atoms. The lowest BCUT2D eigenvalue weighted by molar-refractivity contribution is 0.800. The number of rotatable bonds is 9. The summed E-state index contributed by atoms with van der Waals surface area (Å²) in [5, 5.41) is 4.85. The summed E-state index contributed by atoms with van der Waals surface area (Å²) in [5.41, 5.74) is 12.5. The van der Waals surface area contributed by atoms with E-state index in [9.17, 15) is 0 Å². The number of para-hydroxylation sites is 3. The molecule has 0 amide bonds. The molecule has 0 saturated heterocycles. The van der Waals surface area contributed by atoms with Gasteiger partial charge < -0.3 is 4.57 Å². The van der Waals surface area contributed by atoms with E-state index in [0.717, 1.165) is 80.7 Å². The fourth-order valence-electron chi connectivity index (χ4n) is 8.79. The smallest absolute Gasteiger partial charge is 0.238 e. The number of benzene rings is 7. The van der Waals surface area contributed by atoms with Crippen molar-refractivity contribution >= 4 is 43.6 Å². The average Bonchev–Trinajstić information content (AvgIpc) is 3.85. The SMILES string of the molecule is CCCCc1cc2c3ccccc3n(-c3ccccc3)c2c2c1c1ccccc1n2-c1nc(-c2ccccc2)nc(-c2cccc(-c3cccc(-c4ccccc4)n3)c2)n1. The van der Waals surface area contributed by atoms with Crippen molar-refractivity contribution in [1.29, 1.82) is 0 Å². The monoisotopic (exact) mass is 772 g/mol. The molecule has 0 unspecified atom stereocenters. The Morgan fingerprint density at radius 3 is 1.72 bits per heavy atom. The quantitative estimate of drug-likeness (QED) is 0.147. The number of aromatic nitrogens is 6. The molecule has 0 aliphatic carbocycles. The Hall–Kier alpha value is -7.70. The van der Waals surface area contributed by atoms with Crippen LogP contribution in [0.1, 0.15) is 25.3 Å². The fraction of sp³-hybridized carbons (Fsp3) is 0.0741. The lowest BCUT2D eigenvalue weighted by Gasteiger charge is -2.14. The van der Waals surface area contributed by atoms with Crippen molar-refractivity contribution in [2.75, 3.05) is 0 Å². The highest BCUT2D eigenvalue weighted by atomic mass is 15.2. The Morgan fingerprint density at radius 1 is 0.417 bits per heavy atom. The molecular formula is C54H40N6. The topological polar surface area (TPSA) is 61.4 Å². The van der Waals surface area contributed by atoms with E-state index >= 15 is 0 Å². The lowest BCUT2D eigenvalue weighted by atomic mass is 9.98. The van der Waals surface area contributed by atoms with Gasteiger partial charge in [-0.1, -0.05) is 153 Å². The van der Waals surface area contributed by atoms with E-state index < -0.39 is 0 Å². The summed E-state index contributed by atoms with van der Waals surface area (Å²) in [5.74, 6) is 1.77. The third kappa shape index (κ3) is 6.04. The van der Waals surface area contributed by atoms with Crippen LogP contribution in [0.5, 0.6) is 0 Å². The molecule has 0 N–H and O–H groups in total. The number of unbranched alkanes of at least 4 members (excludes halogenated alkanes) is 1. The van der Waals surface area contributed by atoms with E-state index in [4.69, 9.17) is 19.9 Å². The zero-order valence-electron chi connectivity index (χ0n) is 33.2. The minimum Gasteiger partial charge on any atom is -0.307 e. The van der Waals surface area contributed by atoms with Gasteiger partial charge in [0.15, 0.2) is 11.6 Å². The zero-order chi connectivity index (χ0) is 40.0. The molecule has 6 nitrogen and oxygen atoms in total. The first-order valence-corrected chi connectivity index (χ1v) is 20.7. The second-order valence-corrected chi connectivity index (χ2v) is 15.3. The Balaban J connectivity index is 1.22. The van der Waals surface area contributed by atoms with Gasteiger partial charge in [-0.25, -0.2) is 9.97 Å². The number of hydrogen-bond donors (Lipinski definition) is 0. The van der Waals surface area contributed by atoms with Crippen molar-refractivity contribution in [3.8, 4) is 56.9 Å². The van der Waals surface area contributed by atoms with Crippen LogP contribution in [0.15, 0.2) is 188 Å². The van der Waals surface area contributed by atoms with Crippen LogP contribution >= 0.6 is 0 Å². The molecule has 0 spiro atoms. The van der Waals surface area contributed by atoms with Crippen molar-refractivity contribution in [2.24, 2.45) is 0 Å². The van der Waals surface area contributed by atoms with E-state index in [0.29, 0.717) is 17.6 Å². The van der Waals surface area contributed by atoms with Crippen molar-refractivity contribution < 1.29 is 0 Å². The summed E-state index contributed by atoms with van der Waals surface area (Å²) in [6, 6.07) is 65.8. The first-order valence-electron chi connectivity index (χ1n) is 20.7. The Bertz CT molecular complexity index is 3350. The van der Waals surface area contributed by atoms with Gasteiger partial charge in [0, 0.05) is 49.5 Å². The van der Waals surface area contributed by atoms with Gasteiger partial charge >= 0.3 is 0 Å². The van der Waals surface area contributed by atoms with E-state index in [1.165, 1.54) is 27.1 Å². The maximum atomic E-state index is 5.44. The van der Waals surface area contributed by atoms with Crippen LogP contribution in [0, 0.1) is 0 Å². The Kier molecular flexibility index (Phi) is 8.81. The van der Waals surface area contributed by atoms with Crippen LogP contribution in [0.25, 0.3) is 101 Å². The fourth-order valence-corrected chi connectivity index (χ4v) is 8.79. The summed E-state index contributed by atoms with van der Waals surface area (Å²) in [6.07, 6.45) is 3.16. The van der Waals surface area contributed by atoms with E-state index in [1.807, 2.05) is 36.4 Å². The van der Waals surface area contributed by atoms with Gasteiger partial charge in [-0.05, 0) is 66.9 Å². The standard InChI is InChI=1S/C54H40N6/c1-2-3-19-39-35-44-42-28-13-15-32-47(42)59(41-26-11-6-12-27-41)50(44)51-49(39)43-29-14-16-33-48(43)60(51)54-57-52(37-22-9-5-10-23-37)56-53(58-54)40-25-17-24-38(34-40)46-31-18-30-45(55-46)36-20-7-4-8-21-36/h4-18,20-35H,2-3,19H2,1H3. The summed E-state index contributed by atoms with van der Waals surface area (Å²) in [7, 11) is 0. The van der Waals surface area contributed by atoms with E-state index in [2.05, 4.69) is 168 Å². The van der Waals surface area contributed by atoms with Gasteiger partial charge in [-0.15, -0.1) is 0 Å². The maximum Gasteiger partial charge on any atom is 0.238 e. The van der Waals surface area contributed by atoms with Gasteiger partial charge in [-0.3, -0.25) is 4.57 Å². The number of nitrogens with zero attached hydrogens (tertiary/aromatic N) is 6. The van der Waals surface area contributed by atoms with Crippen LogP contribution in [-0.4, -0.2) is 29.1 Å². The zero-order valence-corrected chi connectivity index (χ0v) is 33.2. The van der Waals surface area contributed by atoms with Gasteiger partial charge in [0.1, 0.15) is 0 Å². The maximum absolute atomic E-state index is 5.44. The highest BCUT2D eigenvalue weighted by Crippen LogP contribution is 2.44. The van der Waals surface area contributed by atoms with Crippen molar-refractivity contribution in [3.63, 3.8) is 0 Å². The lowest BCUT2D eigenvalue weighted by Crippen LogP contribution is -2.07. The highest BCUT2D eigenvalue weighted by molar-refractivity contribution is 6.25. The third-order valence-electron chi connectivity index (χ3n) is 11.6. The minimum absolute atomic E-state index is 0.568. The Labute approximate surface area is 348 Å². The van der Waals surface area contributed by atoms with Crippen molar-refractivity contribution in [3.05, 3.63) is 194 Å². The second-order valence-electron chi connectivity index (χ2n) is 15.3. The van der Waals surface area contributed by atoms with Gasteiger partial charge in [-0.2, -0.15) is 9.97 Å². The van der Waals surface area contributed by atoms with Gasteiger partial charge in [0.05, 0.1) is 33.5 Å². The molecule has 286 valence electrons. The molecule has 7 aromatic carbocycles. The molecule has 0 atom stereocenters. The van der Waals surface area contributed by atoms with Crippen LogP contribution in [-0.2, 0) is 6.42 Å². The van der Waals surface area contributed by atoms with Crippen LogP contribution in [0.4, 0.5) is 0 Å². The van der Waals surface area contributed by atoms with Crippen LogP contribution in [0.2, 0.25) is 0 Å². The summed E-state index contributed by atoms with van der Waals surface area (Å²) in [6.45, 7) is 2.27. The molecule has 11 rings (SSSR count). The van der Waals surface area contributed by atoms with Crippen molar-refractivity contribution in [2.45, 2.75) is 26.2 Å². The predicted molar refractivity (Wildman–Crippen MR) is 247 cm³/mol. The average molecular weight is 773 g/mol. The molecule has 0 saturated carbocycles. The number of hydrogen-bond acceptors (Lipinski definition) is 4. The summed E-state index contributed by atoms with van der Waals surface area (Å²) < 4.78 is 4.72. The largest absolute Gasteiger partial charge is 0.307 e. The summed E-state index contributed by atoms with van der Waals surface area (Å²) in [4.78, 5) is 21.1. The van der Waals surface area contributed by atoms with Gasteiger partial charge in [0.2, 0.25) is 5.95 Å². The highest BCUT2D eigenvalue weighted by Gasteiger charge is 2.25. The van der Waals surface area contributed by atoms with Crippen LogP contribution < -0.4 is 0 Å². The molecule has 0 radical (unpaired) electrons. The van der Waals surface area contributed by atoms with Crippen LogP contribution in [0.3, 0.4) is 0 Å². The molecular weight excluding hydrogens is 733 g/mol. The molecule has 4 aromatic heterocycles. The number of aryl methyl sites for hydroxylation is 1. The number of pyridine rings is 1. The summed E-state index contributed by atoms with van der Waals surface area (Å²) >= 11 is 0. The van der Waals surface area contributed by atoms with Gasteiger partial charge in [0.25, 0.3) is 0 Å². The number of fused-ring (bicyclic) bond motifs is 7. The van der Waals surface area contributed by atoms with E-state index in [1.54, 1.807) is 0 Å². The third-order valence-corrected chi connectivity index (χ3v) is 11.6.